The van der Waals surface area contributed by atoms with Crippen molar-refractivity contribution in [1.29, 1.82) is 5.26 Å². The van der Waals surface area contributed by atoms with Gasteiger partial charge >= 0.3 is 0 Å². The normalized spacial score (nSPS) is 21.0. The van der Waals surface area contributed by atoms with Crippen molar-refractivity contribution in [3.05, 3.63) is 53.6 Å². The molecule has 9 heteroatoms. The maximum absolute atomic E-state index is 12.5. The molecule has 2 atom stereocenters. The van der Waals surface area contributed by atoms with E-state index in [9.17, 15) is 4.79 Å². The summed E-state index contributed by atoms with van der Waals surface area (Å²) < 4.78 is 5.76. The standard InChI is InChI=1S/C21H24N6O2S/c1-13(2)29-12-16-9-21(3,27-20(23)30-16)18-8-15(6-7-24-18)26-19(28)17-5-4-14(10-22)11-25-17/h4-8,11,13,16H,9,12H2,1-3H3,(H2,23,27)(H,24,26,28)/t16-,21-/m0/s1. The zero-order valence-corrected chi connectivity index (χ0v) is 17.9. The number of rotatable bonds is 6. The lowest BCUT2D eigenvalue weighted by Crippen LogP contribution is -2.36. The number of aliphatic imine (C=N–C) groups is 1. The van der Waals surface area contributed by atoms with E-state index in [0.717, 1.165) is 0 Å². The van der Waals surface area contributed by atoms with E-state index in [2.05, 4.69) is 20.3 Å². The van der Waals surface area contributed by atoms with Gasteiger partial charge in [-0.3, -0.25) is 9.78 Å². The molecule has 0 radical (unpaired) electrons. The van der Waals surface area contributed by atoms with E-state index in [-0.39, 0.29) is 23.0 Å². The van der Waals surface area contributed by atoms with Crippen LogP contribution in [0.2, 0.25) is 0 Å². The first-order chi connectivity index (χ1) is 14.3. The number of nitrogens with one attached hydrogen (secondary N) is 1. The second kappa shape index (κ2) is 9.24. The van der Waals surface area contributed by atoms with Crippen molar-refractivity contribution in [1.82, 2.24) is 9.97 Å². The number of hydrogen-bond donors (Lipinski definition) is 2. The Hall–Kier alpha value is -2.96. The number of nitrogens with two attached hydrogens (primary N) is 1. The Balaban J connectivity index is 1.77. The molecule has 1 aliphatic heterocycles. The monoisotopic (exact) mass is 424 g/mol. The number of anilines is 1. The molecule has 0 fully saturated rings. The Labute approximate surface area is 180 Å². The van der Waals surface area contributed by atoms with Crippen LogP contribution >= 0.6 is 11.8 Å². The smallest absolute Gasteiger partial charge is 0.274 e. The van der Waals surface area contributed by atoms with Crippen molar-refractivity contribution >= 4 is 28.5 Å². The molecule has 1 amide bonds. The number of hydrogen-bond acceptors (Lipinski definition) is 8. The molecule has 0 aromatic carbocycles. The number of nitrogens with zero attached hydrogens (tertiary/aromatic N) is 4. The van der Waals surface area contributed by atoms with Crippen molar-refractivity contribution in [3.63, 3.8) is 0 Å². The van der Waals surface area contributed by atoms with Gasteiger partial charge in [0.05, 0.1) is 24.0 Å². The summed E-state index contributed by atoms with van der Waals surface area (Å²) in [7, 11) is 0. The summed E-state index contributed by atoms with van der Waals surface area (Å²) in [6.07, 6.45) is 3.86. The molecule has 0 saturated carbocycles. The number of amidine groups is 1. The summed E-state index contributed by atoms with van der Waals surface area (Å²) in [6.45, 7) is 6.56. The van der Waals surface area contributed by atoms with Gasteiger partial charge in [0.1, 0.15) is 17.3 Å². The minimum absolute atomic E-state index is 0.143. The zero-order valence-electron chi connectivity index (χ0n) is 17.1. The van der Waals surface area contributed by atoms with Gasteiger partial charge in [0, 0.05) is 23.3 Å². The predicted molar refractivity (Wildman–Crippen MR) is 117 cm³/mol. The van der Waals surface area contributed by atoms with Crippen LogP contribution in [0.3, 0.4) is 0 Å². The molecule has 3 rings (SSSR count). The van der Waals surface area contributed by atoms with Crippen LogP contribution < -0.4 is 11.1 Å². The number of aromatic nitrogens is 2. The van der Waals surface area contributed by atoms with Gasteiger partial charge in [-0.05, 0) is 51.5 Å². The third kappa shape index (κ3) is 5.34. The average Bonchev–Trinajstić information content (AvgIpc) is 2.72. The Kier molecular flexibility index (Phi) is 6.70. The Morgan fingerprint density at radius 3 is 2.90 bits per heavy atom. The van der Waals surface area contributed by atoms with E-state index in [0.29, 0.717) is 35.1 Å². The van der Waals surface area contributed by atoms with Crippen LogP contribution in [-0.2, 0) is 10.3 Å². The Morgan fingerprint density at radius 2 is 2.23 bits per heavy atom. The lowest BCUT2D eigenvalue weighted by atomic mass is 9.91. The first kappa shape index (κ1) is 21.7. The average molecular weight is 425 g/mol. The van der Waals surface area contributed by atoms with Crippen molar-refractivity contribution < 1.29 is 9.53 Å². The molecule has 8 nitrogen and oxygen atoms in total. The second-order valence-corrected chi connectivity index (χ2v) is 8.80. The van der Waals surface area contributed by atoms with Crippen LogP contribution in [0.15, 0.2) is 41.7 Å². The molecule has 30 heavy (non-hydrogen) atoms. The van der Waals surface area contributed by atoms with Crippen molar-refractivity contribution in [3.8, 4) is 6.07 Å². The molecular formula is C21H24N6O2S. The van der Waals surface area contributed by atoms with E-state index in [4.69, 9.17) is 15.7 Å². The van der Waals surface area contributed by atoms with Gasteiger partial charge in [0.25, 0.3) is 5.91 Å². The van der Waals surface area contributed by atoms with Crippen LogP contribution in [0.1, 0.15) is 48.9 Å². The van der Waals surface area contributed by atoms with Gasteiger partial charge in [-0.2, -0.15) is 5.26 Å². The molecule has 3 heterocycles. The lowest BCUT2D eigenvalue weighted by molar-refractivity contribution is 0.0757. The van der Waals surface area contributed by atoms with E-state index < -0.39 is 5.54 Å². The highest BCUT2D eigenvalue weighted by molar-refractivity contribution is 8.14. The quantitative estimate of drug-likeness (QED) is 0.729. The molecule has 1 aliphatic rings. The van der Waals surface area contributed by atoms with E-state index >= 15 is 0 Å². The number of ether oxygens (including phenoxy) is 1. The van der Waals surface area contributed by atoms with E-state index in [1.165, 1.54) is 24.0 Å². The molecule has 156 valence electrons. The maximum atomic E-state index is 12.5. The van der Waals surface area contributed by atoms with E-state index in [1.807, 2.05) is 26.8 Å². The SMILES string of the molecule is CC(C)OC[C@@H]1C[C@@](C)(c2cc(NC(=O)c3ccc(C#N)cn3)ccn2)N=C(N)S1. The number of thioether (sulfide) groups is 1. The summed E-state index contributed by atoms with van der Waals surface area (Å²) in [5.41, 5.74) is 7.39. The topological polar surface area (TPSA) is 126 Å². The molecule has 0 aliphatic carbocycles. The van der Waals surface area contributed by atoms with Crippen LogP contribution in [0, 0.1) is 11.3 Å². The third-order valence-corrected chi connectivity index (χ3v) is 5.55. The van der Waals surface area contributed by atoms with Crippen LogP contribution in [0.5, 0.6) is 0 Å². The summed E-state index contributed by atoms with van der Waals surface area (Å²) in [5.74, 6) is -0.368. The number of pyridine rings is 2. The van der Waals surface area contributed by atoms with E-state index in [1.54, 1.807) is 24.4 Å². The zero-order chi connectivity index (χ0) is 21.7. The molecule has 0 bridgehead atoms. The van der Waals surface area contributed by atoms with Gasteiger partial charge in [-0.1, -0.05) is 11.8 Å². The van der Waals surface area contributed by atoms with Crippen molar-refractivity contribution in [2.24, 2.45) is 10.7 Å². The summed E-state index contributed by atoms with van der Waals surface area (Å²) in [5, 5.41) is 12.3. The highest BCUT2D eigenvalue weighted by atomic mass is 32.2. The van der Waals surface area contributed by atoms with Crippen molar-refractivity contribution in [2.45, 2.75) is 44.1 Å². The van der Waals surface area contributed by atoms with Gasteiger partial charge in [-0.25, -0.2) is 9.98 Å². The fraction of sp³-hybridized carbons (Fsp3) is 0.381. The largest absolute Gasteiger partial charge is 0.379 e. The minimum atomic E-state index is -0.617. The predicted octanol–water partition coefficient (Wildman–Crippen LogP) is 3.06. The van der Waals surface area contributed by atoms with Crippen LogP contribution in [0.4, 0.5) is 5.69 Å². The van der Waals surface area contributed by atoms with Gasteiger partial charge in [-0.15, -0.1) is 0 Å². The summed E-state index contributed by atoms with van der Waals surface area (Å²) in [4.78, 5) is 25.6. The Bertz CT molecular complexity index is 986. The van der Waals surface area contributed by atoms with Crippen LogP contribution in [0.25, 0.3) is 0 Å². The highest BCUT2D eigenvalue weighted by Crippen LogP contribution is 2.38. The second-order valence-electron chi connectivity index (χ2n) is 7.48. The molecule has 0 unspecified atom stereocenters. The number of carbonyl (C=O) groups excluding carboxylic acids is 1. The molecular weight excluding hydrogens is 400 g/mol. The number of nitriles is 1. The fourth-order valence-electron chi connectivity index (χ4n) is 3.12. The van der Waals surface area contributed by atoms with Crippen LogP contribution in [-0.4, -0.2) is 39.0 Å². The van der Waals surface area contributed by atoms with Gasteiger partial charge in [0.2, 0.25) is 0 Å². The summed E-state index contributed by atoms with van der Waals surface area (Å²) >= 11 is 1.51. The molecule has 0 saturated heterocycles. The number of amides is 1. The van der Waals surface area contributed by atoms with Crippen molar-refractivity contribution in [2.75, 3.05) is 11.9 Å². The lowest BCUT2D eigenvalue weighted by Gasteiger charge is -2.34. The third-order valence-electron chi connectivity index (χ3n) is 4.58. The van der Waals surface area contributed by atoms with Gasteiger partial charge in [0.15, 0.2) is 5.17 Å². The summed E-state index contributed by atoms with van der Waals surface area (Å²) in [6, 6.07) is 8.55. The molecule has 3 N–H and O–H groups in total. The molecule has 0 spiro atoms. The number of carbonyl (C=O) groups is 1. The Morgan fingerprint density at radius 1 is 1.43 bits per heavy atom. The highest BCUT2D eigenvalue weighted by Gasteiger charge is 2.36. The van der Waals surface area contributed by atoms with Gasteiger partial charge < -0.3 is 15.8 Å². The first-order valence-electron chi connectivity index (χ1n) is 9.56. The fourth-order valence-corrected chi connectivity index (χ4v) is 4.27. The molecule has 2 aromatic heterocycles. The molecule has 2 aromatic rings. The first-order valence-corrected chi connectivity index (χ1v) is 10.4. The maximum Gasteiger partial charge on any atom is 0.274 e. The minimum Gasteiger partial charge on any atom is -0.379 e.